The lowest BCUT2D eigenvalue weighted by Gasteiger charge is -2.13. The number of benzene rings is 2. The van der Waals surface area contributed by atoms with Crippen LogP contribution >= 0.6 is 11.6 Å². The fraction of sp³-hybridized carbons (Fsp3) is 0.188. The topological polar surface area (TPSA) is 33.0 Å². The minimum absolute atomic E-state index is 0.0218. The molecule has 0 N–H and O–H groups in total. The molecule has 2 aromatic rings. The van der Waals surface area contributed by atoms with Crippen molar-refractivity contribution >= 4 is 11.6 Å². The van der Waals surface area contributed by atoms with E-state index in [0.29, 0.717) is 16.3 Å². The second kappa shape index (κ2) is 5.77. The molecule has 19 heavy (non-hydrogen) atoms. The molecule has 0 fully saturated rings. The van der Waals surface area contributed by atoms with Gasteiger partial charge in [-0.15, -0.1) is 0 Å². The molecule has 0 aliphatic rings. The predicted molar refractivity (Wildman–Crippen MR) is 77.4 cm³/mol. The van der Waals surface area contributed by atoms with Crippen LogP contribution in [0, 0.1) is 11.3 Å². The van der Waals surface area contributed by atoms with E-state index in [1.165, 1.54) is 0 Å². The molecule has 0 spiro atoms. The molecule has 0 bridgehead atoms. The Kier molecular flexibility index (Phi) is 4.09. The van der Waals surface area contributed by atoms with Crippen LogP contribution in [0.25, 0.3) is 11.1 Å². The zero-order valence-electron chi connectivity index (χ0n) is 10.9. The molecular weight excluding hydrogens is 258 g/mol. The van der Waals surface area contributed by atoms with Gasteiger partial charge < -0.3 is 4.74 Å². The van der Waals surface area contributed by atoms with Crippen molar-refractivity contribution in [3.63, 3.8) is 0 Å². The molecule has 0 saturated heterocycles. The molecule has 2 aromatic carbocycles. The van der Waals surface area contributed by atoms with E-state index in [4.69, 9.17) is 21.6 Å². The molecule has 0 aliphatic carbocycles. The molecular formula is C16H14ClNO. The number of hydrogen-bond donors (Lipinski definition) is 0. The van der Waals surface area contributed by atoms with E-state index in [9.17, 15) is 0 Å². The van der Waals surface area contributed by atoms with E-state index >= 15 is 0 Å². The van der Waals surface area contributed by atoms with Crippen LogP contribution in [0.15, 0.2) is 42.5 Å². The number of nitriles is 1. The second-order valence-electron chi connectivity index (χ2n) is 4.47. The molecule has 0 aromatic heterocycles. The van der Waals surface area contributed by atoms with Gasteiger partial charge in [-0.25, -0.2) is 0 Å². The summed E-state index contributed by atoms with van der Waals surface area (Å²) >= 11 is 6.18. The molecule has 0 saturated carbocycles. The van der Waals surface area contributed by atoms with Gasteiger partial charge in [-0.05, 0) is 37.6 Å². The fourth-order valence-corrected chi connectivity index (χ4v) is 2.07. The molecule has 96 valence electrons. The SMILES string of the molecule is CC(C)Oc1cc(-c2ccccc2Cl)ccc1C#N. The number of nitrogens with zero attached hydrogens (tertiary/aromatic N) is 1. The lowest BCUT2D eigenvalue weighted by Crippen LogP contribution is -2.06. The Morgan fingerprint density at radius 2 is 1.89 bits per heavy atom. The van der Waals surface area contributed by atoms with E-state index in [1.54, 1.807) is 6.07 Å². The highest BCUT2D eigenvalue weighted by molar-refractivity contribution is 6.33. The van der Waals surface area contributed by atoms with Crippen LogP contribution < -0.4 is 4.74 Å². The van der Waals surface area contributed by atoms with Crippen molar-refractivity contribution in [1.82, 2.24) is 0 Å². The Hall–Kier alpha value is -1.98. The molecule has 0 amide bonds. The molecule has 0 radical (unpaired) electrons. The van der Waals surface area contributed by atoms with E-state index in [-0.39, 0.29) is 6.10 Å². The van der Waals surface area contributed by atoms with Crippen molar-refractivity contribution < 1.29 is 4.74 Å². The smallest absolute Gasteiger partial charge is 0.138 e. The minimum Gasteiger partial charge on any atom is -0.490 e. The lowest BCUT2D eigenvalue weighted by molar-refractivity contribution is 0.242. The van der Waals surface area contributed by atoms with Crippen molar-refractivity contribution in [2.45, 2.75) is 20.0 Å². The standard InChI is InChI=1S/C16H14ClNO/c1-11(2)19-16-9-12(7-8-13(16)10-18)14-5-3-4-6-15(14)17/h3-9,11H,1-2H3. The zero-order chi connectivity index (χ0) is 13.8. The third kappa shape index (κ3) is 3.07. The van der Waals surface area contributed by atoms with Gasteiger partial charge in [0, 0.05) is 10.6 Å². The summed E-state index contributed by atoms with van der Waals surface area (Å²) in [5, 5.41) is 9.77. The average molecular weight is 272 g/mol. The first kappa shape index (κ1) is 13.5. The van der Waals surface area contributed by atoms with E-state index < -0.39 is 0 Å². The molecule has 2 rings (SSSR count). The highest BCUT2D eigenvalue weighted by Crippen LogP contribution is 2.32. The maximum Gasteiger partial charge on any atom is 0.138 e. The molecule has 3 heteroatoms. The Morgan fingerprint density at radius 3 is 2.53 bits per heavy atom. The van der Waals surface area contributed by atoms with Crippen molar-refractivity contribution in [1.29, 1.82) is 5.26 Å². The normalized spacial score (nSPS) is 10.3. The first-order chi connectivity index (χ1) is 9.11. The Balaban J connectivity index is 2.50. The highest BCUT2D eigenvalue weighted by Gasteiger charge is 2.09. The van der Waals surface area contributed by atoms with Crippen LogP contribution in [0.2, 0.25) is 5.02 Å². The Bertz CT molecular complexity index is 629. The van der Waals surface area contributed by atoms with E-state index in [0.717, 1.165) is 11.1 Å². The Labute approximate surface area is 118 Å². The monoisotopic (exact) mass is 271 g/mol. The lowest BCUT2D eigenvalue weighted by atomic mass is 10.0. The quantitative estimate of drug-likeness (QED) is 0.813. The van der Waals surface area contributed by atoms with Crippen LogP contribution in [-0.4, -0.2) is 6.10 Å². The maximum atomic E-state index is 9.09. The van der Waals surface area contributed by atoms with Crippen LogP contribution in [-0.2, 0) is 0 Å². The molecule has 0 heterocycles. The first-order valence-electron chi connectivity index (χ1n) is 6.07. The molecule has 0 atom stereocenters. The number of hydrogen-bond acceptors (Lipinski definition) is 2. The van der Waals surface area contributed by atoms with Gasteiger partial charge in [0.1, 0.15) is 11.8 Å². The summed E-state index contributed by atoms with van der Waals surface area (Å²) in [6.45, 7) is 3.87. The van der Waals surface area contributed by atoms with Gasteiger partial charge >= 0.3 is 0 Å². The van der Waals surface area contributed by atoms with Crippen LogP contribution in [0.3, 0.4) is 0 Å². The summed E-state index contributed by atoms with van der Waals surface area (Å²) < 4.78 is 5.67. The number of halogens is 1. The average Bonchev–Trinajstić information content (AvgIpc) is 2.38. The van der Waals surface area contributed by atoms with Gasteiger partial charge in [0.15, 0.2) is 0 Å². The van der Waals surface area contributed by atoms with Gasteiger partial charge in [-0.3, -0.25) is 0 Å². The van der Waals surface area contributed by atoms with Crippen LogP contribution in [0.1, 0.15) is 19.4 Å². The Morgan fingerprint density at radius 1 is 1.16 bits per heavy atom. The van der Waals surface area contributed by atoms with Crippen molar-refractivity contribution in [2.75, 3.05) is 0 Å². The van der Waals surface area contributed by atoms with E-state index in [2.05, 4.69) is 6.07 Å². The summed E-state index contributed by atoms with van der Waals surface area (Å²) in [5.41, 5.74) is 2.41. The molecule has 0 unspecified atom stereocenters. The summed E-state index contributed by atoms with van der Waals surface area (Å²) in [4.78, 5) is 0. The largest absolute Gasteiger partial charge is 0.490 e. The van der Waals surface area contributed by atoms with Gasteiger partial charge in [0.05, 0.1) is 11.7 Å². The van der Waals surface area contributed by atoms with Crippen molar-refractivity contribution in [3.8, 4) is 22.9 Å². The van der Waals surface area contributed by atoms with Gasteiger partial charge in [0.25, 0.3) is 0 Å². The highest BCUT2D eigenvalue weighted by atomic mass is 35.5. The third-order valence-corrected chi connectivity index (χ3v) is 2.98. The fourth-order valence-electron chi connectivity index (χ4n) is 1.83. The predicted octanol–water partition coefficient (Wildman–Crippen LogP) is 4.67. The zero-order valence-corrected chi connectivity index (χ0v) is 11.6. The van der Waals surface area contributed by atoms with Gasteiger partial charge in [-0.1, -0.05) is 35.9 Å². The second-order valence-corrected chi connectivity index (χ2v) is 4.88. The minimum atomic E-state index is 0.0218. The molecule has 2 nitrogen and oxygen atoms in total. The number of ether oxygens (including phenoxy) is 1. The van der Waals surface area contributed by atoms with E-state index in [1.807, 2.05) is 50.2 Å². The molecule has 0 aliphatic heterocycles. The summed E-state index contributed by atoms with van der Waals surface area (Å²) in [7, 11) is 0. The van der Waals surface area contributed by atoms with Crippen LogP contribution in [0.5, 0.6) is 5.75 Å². The maximum absolute atomic E-state index is 9.09. The van der Waals surface area contributed by atoms with Gasteiger partial charge in [-0.2, -0.15) is 5.26 Å². The summed E-state index contributed by atoms with van der Waals surface area (Å²) in [5.74, 6) is 0.593. The summed E-state index contributed by atoms with van der Waals surface area (Å²) in [6, 6.07) is 15.3. The first-order valence-corrected chi connectivity index (χ1v) is 6.45. The van der Waals surface area contributed by atoms with Crippen LogP contribution in [0.4, 0.5) is 0 Å². The number of rotatable bonds is 3. The van der Waals surface area contributed by atoms with Crippen molar-refractivity contribution in [2.24, 2.45) is 0 Å². The third-order valence-electron chi connectivity index (χ3n) is 2.65. The van der Waals surface area contributed by atoms with Gasteiger partial charge in [0.2, 0.25) is 0 Å². The van der Waals surface area contributed by atoms with Crippen molar-refractivity contribution in [3.05, 3.63) is 53.1 Å². The summed E-state index contributed by atoms with van der Waals surface area (Å²) in [6.07, 6.45) is 0.0218.